The van der Waals surface area contributed by atoms with Crippen molar-refractivity contribution in [2.45, 2.75) is 12.6 Å². The molecule has 1 N–H and O–H groups in total. The van der Waals surface area contributed by atoms with Crippen LogP contribution in [0.25, 0.3) is 0 Å². The van der Waals surface area contributed by atoms with E-state index >= 15 is 0 Å². The summed E-state index contributed by atoms with van der Waals surface area (Å²) in [6.45, 7) is 0.845. The lowest BCUT2D eigenvalue weighted by Gasteiger charge is -2.18. The predicted octanol–water partition coefficient (Wildman–Crippen LogP) is 1.06. The highest BCUT2D eigenvalue weighted by atomic mass is 32.2. The number of rotatable bonds is 4. The molecule has 0 unspecified atom stereocenters. The molecule has 0 aromatic heterocycles. The molecular weight excluding hydrogens is 238 g/mol. The molecule has 1 aliphatic heterocycles. The van der Waals surface area contributed by atoms with Gasteiger partial charge in [0.1, 0.15) is 0 Å². The van der Waals surface area contributed by atoms with Crippen LogP contribution in [-0.4, -0.2) is 26.8 Å². The largest absolute Gasteiger partial charge is 0.375 e. The first-order valence-corrected chi connectivity index (χ1v) is 7.09. The second-order valence-corrected chi connectivity index (χ2v) is 5.73. The van der Waals surface area contributed by atoms with E-state index in [0.717, 1.165) is 5.56 Å². The molecule has 1 aromatic rings. The number of hydrogen-bond acceptors (Lipinski definition) is 3. The molecule has 1 atom stereocenters. The quantitative estimate of drug-likeness (QED) is 0.816. The first-order chi connectivity index (χ1) is 8.16. The molecule has 4 nitrogen and oxygen atoms in total. The van der Waals surface area contributed by atoms with Crippen LogP contribution in [-0.2, 0) is 21.4 Å². The monoisotopic (exact) mass is 253 g/mol. The molecule has 0 fully saturated rings. The third-order valence-corrected chi connectivity index (χ3v) is 3.72. The zero-order chi connectivity index (χ0) is 12.1. The molecule has 0 amide bonds. The van der Waals surface area contributed by atoms with E-state index in [9.17, 15) is 8.42 Å². The minimum absolute atomic E-state index is 0.0577. The van der Waals surface area contributed by atoms with E-state index in [0.29, 0.717) is 13.2 Å². The van der Waals surface area contributed by atoms with Gasteiger partial charge in [0.25, 0.3) is 0 Å². The Balaban J connectivity index is 1.80. The molecule has 0 spiro atoms. The maximum absolute atomic E-state index is 11.3. The number of nitrogens with one attached hydrogen (secondary N) is 1. The molecule has 1 aliphatic rings. The second kappa shape index (κ2) is 5.44. The van der Waals surface area contributed by atoms with Crippen molar-refractivity contribution in [2.24, 2.45) is 0 Å². The summed E-state index contributed by atoms with van der Waals surface area (Å²) in [6, 6.07) is 9.53. The van der Waals surface area contributed by atoms with Crippen LogP contribution in [0, 0.1) is 0 Å². The van der Waals surface area contributed by atoms with Crippen molar-refractivity contribution in [3.05, 3.63) is 48.0 Å². The summed E-state index contributed by atoms with van der Waals surface area (Å²) in [5.41, 5.74) is 1.08. The SMILES string of the molecule is O=S1(=O)CC=C[C@H](COCc2ccccc2)N1. The van der Waals surface area contributed by atoms with Crippen LogP contribution >= 0.6 is 0 Å². The first-order valence-electron chi connectivity index (χ1n) is 5.44. The van der Waals surface area contributed by atoms with E-state index in [4.69, 9.17) is 4.74 Å². The summed E-state index contributed by atoms with van der Waals surface area (Å²) in [5, 5.41) is 0. The molecule has 0 aliphatic carbocycles. The van der Waals surface area contributed by atoms with Gasteiger partial charge in [-0.3, -0.25) is 0 Å². The van der Waals surface area contributed by atoms with Crippen molar-refractivity contribution in [1.29, 1.82) is 0 Å². The molecule has 5 heteroatoms. The van der Waals surface area contributed by atoms with Crippen LogP contribution in [0.3, 0.4) is 0 Å². The van der Waals surface area contributed by atoms with E-state index < -0.39 is 10.0 Å². The van der Waals surface area contributed by atoms with Crippen LogP contribution < -0.4 is 4.72 Å². The molecule has 1 heterocycles. The fourth-order valence-corrected chi connectivity index (χ4v) is 2.70. The van der Waals surface area contributed by atoms with Gasteiger partial charge in [-0.05, 0) is 5.56 Å². The molecular formula is C12H15NO3S. The van der Waals surface area contributed by atoms with E-state index in [1.165, 1.54) is 0 Å². The fraction of sp³-hybridized carbons (Fsp3) is 0.333. The van der Waals surface area contributed by atoms with Gasteiger partial charge in [0.2, 0.25) is 10.0 Å². The third-order valence-electron chi connectivity index (χ3n) is 2.42. The van der Waals surface area contributed by atoms with Crippen LogP contribution in [0.4, 0.5) is 0 Å². The van der Waals surface area contributed by atoms with Crippen molar-refractivity contribution < 1.29 is 13.2 Å². The van der Waals surface area contributed by atoms with Gasteiger partial charge in [0, 0.05) is 0 Å². The zero-order valence-electron chi connectivity index (χ0n) is 9.37. The number of benzene rings is 1. The highest BCUT2D eigenvalue weighted by molar-refractivity contribution is 7.89. The molecule has 17 heavy (non-hydrogen) atoms. The number of sulfonamides is 1. The lowest BCUT2D eigenvalue weighted by Crippen LogP contribution is -2.40. The minimum Gasteiger partial charge on any atom is -0.375 e. The van der Waals surface area contributed by atoms with Gasteiger partial charge in [-0.15, -0.1) is 0 Å². The van der Waals surface area contributed by atoms with Crippen molar-refractivity contribution in [1.82, 2.24) is 4.72 Å². The normalized spacial score (nSPS) is 22.5. The summed E-state index contributed by atoms with van der Waals surface area (Å²) in [5.74, 6) is 0.0577. The lowest BCUT2D eigenvalue weighted by molar-refractivity contribution is 0.113. The summed E-state index contributed by atoms with van der Waals surface area (Å²) < 4.78 is 30.6. The average molecular weight is 253 g/mol. The summed E-state index contributed by atoms with van der Waals surface area (Å²) in [6.07, 6.45) is 3.48. The molecule has 1 aromatic carbocycles. The van der Waals surface area contributed by atoms with Crippen molar-refractivity contribution >= 4 is 10.0 Å². The summed E-state index contributed by atoms with van der Waals surface area (Å²) >= 11 is 0. The van der Waals surface area contributed by atoms with Gasteiger partial charge in [0.05, 0.1) is 25.0 Å². The number of hydrogen-bond donors (Lipinski definition) is 1. The molecule has 0 radical (unpaired) electrons. The second-order valence-electron chi connectivity index (χ2n) is 3.93. The highest BCUT2D eigenvalue weighted by Crippen LogP contribution is 2.04. The minimum atomic E-state index is -3.14. The maximum Gasteiger partial charge on any atom is 0.215 e. The van der Waals surface area contributed by atoms with Crippen molar-refractivity contribution in [3.8, 4) is 0 Å². The Hall–Kier alpha value is -1.17. The Morgan fingerprint density at radius 3 is 2.76 bits per heavy atom. The summed E-state index contributed by atoms with van der Waals surface area (Å²) in [7, 11) is -3.14. The zero-order valence-corrected chi connectivity index (χ0v) is 10.2. The van der Waals surface area contributed by atoms with Crippen LogP contribution in [0.5, 0.6) is 0 Å². The Bertz CT molecular complexity index is 482. The van der Waals surface area contributed by atoms with Gasteiger partial charge >= 0.3 is 0 Å². The van der Waals surface area contributed by atoms with Gasteiger partial charge in [-0.2, -0.15) is 0 Å². The van der Waals surface area contributed by atoms with E-state index in [2.05, 4.69) is 4.72 Å². The third kappa shape index (κ3) is 3.96. The number of ether oxygens (including phenoxy) is 1. The topological polar surface area (TPSA) is 55.4 Å². The Morgan fingerprint density at radius 1 is 1.29 bits per heavy atom. The molecule has 0 saturated heterocycles. The maximum atomic E-state index is 11.3. The molecule has 0 saturated carbocycles. The summed E-state index contributed by atoms with van der Waals surface area (Å²) in [4.78, 5) is 0. The smallest absolute Gasteiger partial charge is 0.215 e. The first kappa shape index (κ1) is 12.3. The van der Waals surface area contributed by atoms with Crippen LogP contribution in [0.15, 0.2) is 42.5 Å². The fourth-order valence-electron chi connectivity index (χ4n) is 1.63. The standard InChI is InChI=1S/C12H15NO3S/c14-17(15)8-4-7-12(13-17)10-16-9-11-5-2-1-3-6-11/h1-7,12-13H,8-10H2/t12-/m1/s1. The molecule has 92 valence electrons. The van der Waals surface area contributed by atoms with E-state index in [1.54, 1.807) is 6.08 Å². The predicted molar refractivity (Wildman–Crippen MR) is 65.9 cm³/mol. The highest BCUT2D eigenvalue weighted by Gasteiger charge is 2.18. The van der Waals surface area contributed by atoms with Crippen LogP contribution in [0.1, 0.15) is 5.56 Å². The van der Waals surface area contributed by atoms with Gasteiger partial charge in [0.15, 0.2) is 0 Å². The molecule has 0 bridgehead atoms. The Morgan fingerprint density at radius 2 is 2.06 bits per heavy atom. The van der Waals surface area contributed by atoms with E-state index in [-0.39, 0.29) is 11.8 Å². The van der Waals surface area contributed by atoms with Crippen molar-refractivity contribution in [3.63, 3.8) is 0 Å². The Labute approximate surface area is 101 Å². The average Bonchev–Trinajstić information content (AvgIpc) is 2.29. The van der Waals surface area contributed by atoms with Gasteiger partial charge in [-0.1, -0.05) is 42.5 Å². The van der Waals surface area contributed by atoms with Gasteiger partial charge < -0.3 is 4.74 Å². The van der Waals surface area contributed by atoms with Crippen LogP contribution in [0.2, 0.25) is 0 Å². The van der Waals surface area contributed by atoms with E-state index in [1.807, 2.05) is 36.4 Å². The molecule has 2 rings (SSSR count). The lowest BCUT2D eigenvalue weighted by atomic mass is 10.2. The Kier molecular flexibility index (Phi) is 3.93. The van der Waals surface area contributed by atoms with Crippen molar-refractivity contribution in [2.75, 3.05) is 12.4 Å². The van der Waals surface area contributed by atoms with Gasteiger partial charge in [-0.25, -0.2) is 13.1 Å².